The highest BCUT2D eigenvalue weighted by Crippen LogP contribution is 2.22. The molecule has 0 aliphatic carbocycles. The van der Waals surface area contributed by atoms with Crippen molar-refractivity contribution in [3.8, 4) is 5.75 Å². The topological polar surface area (TPSA) is 55.8 Å². The van der Waals surface area contributed by atoms with Crippen molar-refractivity contribution in [3.05, 3.63) is 42.0 Å². The van der Waals surface area contributed by atoms with Crippen LogP contribution in [0.25, 0.3) is 10.8 Å². The highest BCUT2D eigenvalue weighted by Gasteiger charge is 2.21. The van der Waals surface area contributed by atoms with Gasteiger partial charge in [-0.2, -0.15) is 0 Å². The molecule has 0 saturated carbocycles. The lowest BCUT2D eigenvalue weighted by atomic mass is 10.1. The van der Waals surface area contributed by atoms with E-state index < -0.39 is 12.1 Å². The summed E-state index contributed by atoms with van der Waals surface area (Å²) in [5.41, 5.74) is 0.369. The lowest BCUT2D eigenvalue weighted by Gasteiger charge is -2.25. The van der Waals surface area contributed by atoms with Crippen LogP contribution in [0.3, 0.4) is 0 Å². The van der Waals surface area contributed by atoms with E-state index in [1.54, 1.807) is 24.1 Å². The summed E-state index contributed by atoms with van der Waals surface area (Å²) in [5.74, 6) is 0.145. The minimum atomic E-state index is -0.613. The van der Waals surface area contributed by atoms with Gasteiger partial charge in [-0.3, -0.25) is 0 Å². The highest BCUT2D eigenvalue weighted by atomic mass is 16.6. The van der Waals surface area contributed by atoms with Gasteiger partial charge in [-0.15, -0.1) is 0 Å². The van der Waals surface area contributed by atoms with E-state index in [2.05, 4.69) is 0 Å². The van der Waals surface area contributed by atoms with Crippen molar-refractivity contribution in [1.29, 1.82) is 0 Å². The first kappa shape index (κ1) is 15.3. The molecule has 0 spiro atoms. The number of benzene rings is 2. The summed E-state index contributed by atoms with van der Waals surface area (Å²) in [6.07, 6.45) is 2.48. The fraction of sp³-hybridized carbons (Fsp3) is 0.333. The molecule has 1 aliphatic heterocycles. The van der Waals surface area contributed by atoms with Crippen molar-refractivity contribution in [2.75, 3.05) is 20.2 Å². The first-order chi connectivity index (χ1) is 11.2. The first-order valence-corrected chi connectivity index (χ1v) is 7.76. The summed E-state index contributed by atoms with van der Waals surface area (Å²) in [5, 5.41) is 1.86. The van der Waals surface area contributed by atoms with Crippen LogP contribution in [-0.2, 0) is 4.74 Å². The maximum atomic E-state index is 12.2. The number of methoxy groups -OCH3 is 1. The van der Waals surface area contributed by atoms with Crippen LogP contribution in [0.15, 0.2) is 36.4 Å². The minimum Gasteiger partial charge on any atom is -0.497 e. The van der Waals surface area contributed by atoms with Crippen molar-refractivity contribution in [3.63, 3.8) is 0 Å². The van der Waals surface area contributed by atoms with Gasteiger partial charge in [-0.25, -0.2) is 9.59 Å². The highest BCUT2D eigenvalue weighted by molar-refractivity contribution is 5.99. The lowest BCUT2D eigenvalue weighted by molar-refractivity contribution is 0.0527. The molecule has 5 nitrogen and oxygen atoms in total. The normalized spacial score (nSPS) is 14.6. The molecule has 1 amide bonds. The molecule has 0 radical (unpaired) electrons. The van der Waals surface area contributed by atoms with Crippen LogP contribution in [0.2, 0.25) is 0 Å². The molecule has 5 heteroatoms. The maximum absolute atomic E-state index is 12.2. The number of hydrogen-bond donors (Lipinski definition) is 0. The van der Waals surface area contributed by atoms with E-state index in [1.165, 1.54) is 0 Å². The molecule has 2 aromatic rings. The van der Waals surface area contributed by atoms with Crippen molar-refractivity contribution >= 4 is 22.8 Å². The van der Waals surface area contributed by atoms with Gasteiger partial charge in [0.1, 0.15) is 5.75 Å². The Hall–Kier alpha value is -2.56. The number of likely N-dealkylation sites (tertiary alicyclic amines) is 1. The van der Waals surface area contributed by atoms with Gasteiger partial charge in [0.2, 0.25) is 0 Å². The minimum absolute atomic E-state index is 0.369. The van der Waals surface area contributed by atoms with Gasteiger partial charge in [0.05, 0.1) is 12.7 Å². The molecular formula is C18H19NO4. The predicted molar refractivity (Wildman–Crippen MR) is 86.7 cm³/mol. The Bertz CT molecular complexity index is 735. The Morgan fingerprint density at radius 2 is 1.65 bits per heavy atom. The predicted octanol–water partition coefficient (Wildman–Crippen LogP) is 3.61. The van der Waals surface area contributed by atoms with Crippen LogP contribution in [0.1, 0.15) is 29.6 Å². The number of piperidine rings is 1. The number of carbonyl (C=O) groups is 2. The molecular weight excluding hydrogens is 294 g/mol. The van der Waals surface area contributed by atoms with Crippen molar-refractivity contribution in [2.45, 2.75) is 19.3 Å². The zero-order valence-electron chi connectivity index (χ0n) is 13.1. The third-order valence-electron chi connectivity index (χ3n) is 4.08. The fourth-order valence-electron chi connectivity index (χ4n) is 2.76. The molecule has 2 aromatic carbocycles. The van der Waals surface area contributed by atoms with Gasteiger partial charge in [0, 0.05) is 13.1 Å². The summed E-state index contributed by atoms with van der Waals surface area (Å²) < 4.78 is 10.2. The van der Waals surface area contributed by atoms with E-state index in [1.807, 2.05) is 24.3 Å². The number of rotatable bonds is 2. The zero-order valence-corrected chi connectivity index (χ0v) is 13.1. The average Bonchev–Trinajstić information content (AvgIpc) is 2.61. The number of hydrogen-bond acceptors (Lipinski definition) is 4. The van der Waals surface area contributed by atoms with Crippen LogP contribution in [-0.4, -0.2) is 37.2 Å². The van der Waals surface area contributed by atoms with Crippen molar-refractivity contribution in [1.82, 2.24) is 4.90 Å². The number of nitrogens with zero attached hydrogens (tertiary/aromatic N) is 1. The van der Waals surface area contributed by atoms with Crippen molar-refractivity contribution < 1.29 is 19.1 Å². The van der Waals surface area contributed by atoms with Gasteiger partial charge in [-0.05, 0) is 54.3 Å². The van der Waals surface area contributed by atoms with Gasteiger partial charge in [-0.1, -0.05) is 12.1 Å². The zero-order chi connectivity index (χ0) is 16.2. The molecule has 1 fully saturated rings. The van der Waals surface area contributed by atoms with Gasteiger partial charge < -0.3 is 14.4 Å². The molecule has 3 rings (SSSR count). The van der Waals surface area contributed by atoms with Crippen molar-refractivity contribution in [2.24, 2.45) is 0 Å². The summed E-state index contributed by atoms with van der Waals surface area (Å²) in [4.78, 5) is 25.8. The summed E-state index contributed by atoms with van der Waals surface area (Å²) in [6, 6.07) is 10.8. The Morgan fingerprint density at radius 1 is 0.957 bits per heavy atom. The molecule has 0 unspecified atom stereocenters. The van der Waals surface area contributed by atoms with E-state index in [4.69, 9.17) is 9.47 Å². The Kier molecular flexibility index (Phi) is 4.46. The molecule has 0 N–H and O–H groups in total. The second kappa shape index (κ2) is 6.69. The van der Waals surface area contributed by atoms with E-state index in [0.29, 0.717) is 18.7 Å². The Balaban J connectivity index is 1.74. The molecule has 0 aromatic heterocycles. The number of carbonyl (C=O) groups excluding carboxylic acids is 2. The van der Waals surface area contributed by atoms with E-state index >= 15 is 0 Å². The molecule has 0 atom stereocenters. The molecule has 1 aliphatic rings. The second-order valence-electron chi connectivity index (χ2n) is 5.63. The third kappa shape index (κ3) is 3.44. The summed E-state index contributed by atoms with van der Waals surface area (Å²) >= 11 is 0. The molecule has 120 valence electrons. The smallest absolute Gasteiger partial charge is 0.417 e. The van der Waals surface area contributed by atoms with E-state index in [9.17, 15) is 9.59 Å². The van der Waals surface area contributed by atoms with Gasteiger partial charge >= 0.3 is 12.1 Å². The molecule has 1 heterocycles. The van der Waals surface area contributed by atoms with E-state index in [0.717, 1.165) is 35.8 Å². The number of amides is 1. The lowest BCUT2D eigenvalue weighted by Crippen LogP contribution is -2.37. The third-order valence-corrected chi connectivity index (χ3v) is 4.08. The SMILES string of the molecule is COc1ccc2cc(C(=O)OC(=O)N3CCCCC3)ccc2c1. The van der Waals surface area contributed by atoms with E-state index in [-0.39, 0.29) is 0 Å². The van der Waals surface area contributed by atoms with Gasteiger partial charge in [0.15, 0.2) is 0 Å². The van der Waals surface area contributed by atoms with Crippen LogP contribution in [0.4, 0.5) is 4.79 Å². The second-order valence-corrected chi connectivity index (χ2v) is 5.63. The molecule has 1 saturated heterocycles. The number of ether oxygens (including phenoxy) is 2. The van der Waals surface area contributed by atoms with Gasteiger partial charge in [0.25, 0.3) is 0 Å². The Labute approximate surface area is 134 Å². The fourth-order valence-corrected chi connectivity index (χ4v) is 2.76. The molecule has 0 bridgehead atoms. The largest absolute Gasteiger partial charge is 0.497 e. The number of fused-ring (bicyclic) bond motifs is 1. The summed E-state index contributed by atoms with van der Waals surface area (Å²) in [6.45, 7) is 1.31. The van der Waals surface area contributed by atoms with Crippen LogP contribution in [0.5, 0.6) is 5.75 Å². The Morgan fingerprint density at radius 3 is 2.39 bits per heavy atom. The standard InChI is InChI=1S/C18H19NO4/c1-22-16-8-7-13-11-15(6-5-14(13)12-16)17(20)23-18(21)19-9-3-2-4-10-19/h5-8,11-12H,2-4,9-10H2,1H3. The monoisotopic (exact) mass is 313 g/mol. The first-order valence-electron chi connectivity index (χ1n) is 7.76. The summed E-state index contributed by atoms with van der Waals surface area (Å²) in [7, 11) is 1.61. The number of esters is 1. The quantitative estimate of drug-likeness (QED) is 0.628. The maximum Gasteiger partial charge on any atom is 0.417 e. The van der Waals surface area contributed by atoms with Crippen LogP contribution in [0, 0.1) is 0 Å². The van der Waals surface area contributed by atoms with Crippen LogP contribution < -0.4 is 4.74 Å². The average molecular weight is 313 g/mol. The van der Waals surface area contributed by atoms with Crippen LogP contribution >= 0.6 is 0 Å². The molecule has 23 heavy (non-hydrogen) atoms.